The number of anilines is 1. The van der Waals surface area contributed by atoms with Gasteiger partial charge in [0.1, 0.15) is 17.3 Å². The number of benzene rings is 2. The van der Waals surface area contributed by atoms with Gasteiger partial charge in [-0.3, -0.25) is 33.8 Å². The average Bonchev–Trinajstić information content (AvgIpc) is 3.41. The Labute approximate surface area is 312 Å². The number of likely N-dealkylation sites (tertiary alicyclic amines) is 1. The molecular weight excluding hydrogens is 692 g/mol. The molecule has 0 spiro atoms. The highest BCUT2D eigenvalue weighted by Crippen LogP contribution is 2.42. The molecule has 1 aromatic heterocycles. The van der Waals surface area contributed by atoms with E-state index in [1.54, 1.807) is 49.9 Å². The fourth-order valence-electron chi connectivity index (χ4n) is 9.04. The van der Waals surface area contributed by atoms with E-state index < -0.39 is 17.9 Å². The first-order valence-corrected chi connectivity index (χ1v) is 18.5. The van der Waals surface area contributed by atoms with Crippen molar-refractivity contribution in [3.05, 3.63) is 74.7 Å². The molecule has 14 nitrogen and oxygen atoms in total. The standard InChI is InChI=1S/C40H44N6O8/c1-41-40(52)44-12-10-26-29(18-42(2)37(49)30(26)20-44)23-13-35(53-3)31(36(14-23)54-4)19-43-11-9-22-17-45(33(22)21-43)24-5-7-27-28(15-24)39(51)46(38(27)50)32-8-6-25(47)16-34(32)48/h5,7,13-15,18,22,32-33H,6,8-12,16-17,19-21H2,1-4H3,(H,41,52). The van der Waals surface area contributed by atoms with Crippen LogP contribution in [0.5, 0.6) is 11.5 Å². The maximum atomic E-state index is 13.5. The molecule has 0 bridgehead atoms. The van der Waals surface area contributed by atoms with E-state index in [0.717, 1.165) is 58.9 Å². The van der Waals surface area contributed by atoms with Crippen LogP contribution in [-0.2, 0) is 36.1 Å². The summed E-state index contributed by atoms with van der Waals surface area (Å²) in [6.45, 7) is 3.83. The van der Waals surface area contributed by atoms with Gasteiger partial charge in [0.25, 0.3) is 17.4 Å². The fraction of sp³-hybridized carbons (Fsp3) is 0.450. The summed E-state index contributed by atoms with van der Waals surface area (Å²) in [6, 6.07) is 8.44. The van der Waals surface area contributed by atoms with Gasteiger partial charge in [0, 0.05) is 75.7 Å². The lowest BCUT2D eigenvalue weighted by atomic mass is 9.81. The summed E-state index contributed by atoms with van der Waals surface area (Å²) < 4.78 is 13.5. The van der Waals surface area contributed by atoms with Crippen LogP contribution in [0.15, 0.2) is 41.3 Å². The molecule has 5 aliphatic rings. The SMILES string of the molecule is CNC(=O)N1CCc2c(-c3cc(OC)c(CN4CCC5CN(c6ccc7c(c6)C(=O)N(C6CCC(=O)CC6=O)C7=O)C5C4)c(OC)c3)cn(C)c(=O)c2C1. The number of ketones is 2. The number of Topliss-reactive ketones (excluding diaryl/α,β-unsaturated/α-hetero) is 2. The number of imide groups is 1. The maximum absolute atomic E-state index is 13.5. The Kier molecular flexibility index (Phi) is 9.03. The molecule has 3 fully saturated rings. The molecule has 1 aliphatic carbocycles. The molecular formula is C40H44N6O8. The number of urea groups is 1. The lowest BCUT2D eigenvalue weighted by Gasteiger charge is -2.55. The number of rotatable bonds is 7. The summed E-state index contributed by atoms with van der Waals surface area (Å²) in [5, 5.41) is 2.66. The van der Waals surface area contributed by atoms with E-state index in [0.29, 0.717) is 53.6 Å². The van der Waals surface area contributed by atoms with Gasteiger partial charge >= 0.3 is 6.03 Å². The molecule has 282 valence electrons. The van der Waals surface area contributed by atoms with Crippen LogP contribution < -0.4 is 25.2 Å². The number of amides is 4. The van der Waals surface area contributed by atoms with Crippen LogP contribution in [0, 0.1) is 5.92 Å². The molecule has 3 unspecified atom stereocenters. The molecule has 2 aromatic carbocycles. The molecule has 0 radical (unpaired) electrons. The summed E-state index contributed by atoms with van der Waals surface area (Å²) in [5.41, 5.74) is 5.54. The van der Waals surface area contributed by atoms with Gasteiger partial charge in [0.2, 0.25) is 0 Å². The van der Waals surface area contributed by atoms with Crippen molar-refractivity contribution < 1.29 is 33.4 Å². The topological polar surface area (TPSA) is 151 Å². The largest absolute Gasteiger partial charge is 0.496 e. The van der Waals surface area contributed by atoms with Crippen molar-refractivity contribution in [1.29, 1.82) is 0 Å². The minimum absolute atomic E-state index is 0.122. The third kappa shape index (κ3) is 5.83. The van der Waals surface area contributed by atoms with Crippen LogP contribution in [0.3, 0.4) is 0 Å². The Balaban J connectivity index is 1.01. The number of carbonyl (C=O) groups is 5. The Morgan fingerprint density at radius 1 is 0.870 bits per heavy atom. The van der Waals surface area contributed by atoms with Crippen molar-refractivity contribution in [1.82, 2.24) is 24.6 Å². The maximum Gasteiger partial charge on any atom is 0.317 e. The van der Waals surface area contributed by atoms with Gasteiger partial charge in [-0.2, -0.15) is 0 Å². The van der Waals surface area contributed by atoms with Gasteiger partial charge in [0.05, 0.1) is 49.9 Å². The zero-order chi connectivity index (χ0) is 38.0. The first-order valence-electron chi connectivity index (χ1n) is 18.5. The smallest absolute Gasteiger partial charge is 0.317 e. The van der Waals surface area contributed by atoms with E-state index in [9.17, 15) is 28.8 Å². The fourth-order valence-corrected chi connectivity index (χ4v) is 9.04. The molecule has 8 rings (SSSR count). The minimum atomic E-state index is -0.894. The second kappa shape index (κ2) is 13.7. The van der Waals surface area contributed by atoms with Crippen LogP contribution in [0.1, 0.15) is 63.1 Å². The number of aryl methyl sites for hydroxylation is 1. The summed E-state index contributed by atoms with van der Waals surface area (Å²) in [7, 11) is 6.59. The lowest BCUT2D eigenvalue weighted by molar-refractivity contribution is -0.132. The van der Waals surface area contributed by atoms with E-state index in [1.165, 1.54) is 0 Å². The van der Waals surface area contributed by atoms with Crippen molar-refractivity contribution in [2.45, 2.75) is 57.3 Å². The average molecular weight is 737 g/mol. The van der Waals surface area contributed by atoms with Crippen LogP contribution in [0.4, 0.5) is 10.5 Å². The molecule has 3 aromatic rings. The molecule has 2 saturated heterocycles. The van der Waals surface area contributed by atoms with Crippen LogP contribution in [-0.4, -0.2) is 108 Å². The predicted molar refractivity (Wildman–Crippen MR) is 198 cm³/mol. The number of piperidine rings is 1. The monoisotopic (exact) mass is 736 g/mol. The first-order chi connectivity index (χ1) is 26.0. The van der Waals surface area contributed by atoms with Crippen molar-refractivity contribution in [3.8, 4) is 22.6 Å². The molecule has 1 N–H and O–H groups in total. The molecule has 5 heterocycles. The van der Waals surface area contributed by atoms with E-state index in [1.807, 2.05) is 24.4 Å². The van der Waals surface area contributed by atoms with Gasteiger partial charge in [-0.25, -0.2) is 4.79 Å². The number of aromatic nitrogens is 1. The normalized spacial score (nSPS) is 22.4. The predicted octanol–water partition coefficient (Wildman–Crippen LogP) is 2.76. The van der Waals surface area contributed by atoms with Gasteiger partial charge < -0.3 is 29.2 Å². The van der Waals surface area contributed by atoms with E-state index in [4.69, 9.17) is 9.47 Å². The van der Waals surface area contributed by atoms with E-state index >= 15 is 0 Å². The number of nitrogens with one attached hydrogen (secondary N) is 1. The minimum Gasteiger partial charge on any atom is -0.496 e. The third-order valence-corrected chi connectivity index (χ3v) is 12.0. The number of carbonyl (C=O) groups excluding carboxylic acids is 5. The van der Waals surface area contributed by atoms with Crippen LogP contribution in [0.25, 0.3) is 11.1 Å². The number of hydrogen-bond acceptors (Lipinski definition) is 10. The summed E-state index contributed by atoms with van der Waals surface area (Å²) >= 11 is 0. The Bertz CT molecular complexity index is 2150. The first kappa shape index (κ1) is 35.5. The van der Waals surface area contributed by atoms with Gasteiger partial charge in [-0.15, -0.1) is 0 Å². The number of fused-ring (bicyclic) bond motifs is 3. The molecule has 54 heavy (non-hydrogen) atoms. The number of ether oxygens (including phenoxy) is 2. The molecule has 3 atom stereocenters. The number of pyridine rings is 1. The highest BCUT2D eigenvalue weighted by Gasteiger charge is 2.47. The second-order valence-corrected chi connectivity index (χ2v) is 15.0. The van der Waals surface area contributed by atoms with Crippen LogP contribution >= 0.6 is 0 Å². The van der Waals surface area contributed by atoms with Crippen molar-refractivity contribution in [3.63, 3.8) is 0 Å². The quantitative estimate of drug-likeness (QED) is 0.284. The summed E-state index contributed by atoms with van der Waals surface area (Å²) in [4.78, 5) is 84.2. The van der Waals surface area contributed by atoms with Gasteiger partial charge in [-0.1, -0.05) is 0 Å². The Hall–Kier alpha value is -5.50. The number of methoxy groups -OCH3 is 2. The lowest BCUT2D eigenvalue weighted by Crippen LogP contribution is -2.64. The Morgan fingerprint density at radius 3 is 2.31 bits per heavy atom. The summed E-state index contributed by atoms with van der Waals surface area (Å²) in [5.74, 6) is 0.357. The highest BCUT2D eigenvalue weighted by molar-refractivity contribution is 6.24. The van der Waals surface area contributed by atoms with Crippen LogP contribution in [0.2, 0.25) is 0 Å². The molecule has 14 heteroatoms. The van der Waals surface area contributed by atoms with E-state index in [2.05, 4.69) is 15.1 Å². The molecule has 1 saturated carbocycles. The molecule has 4 aliphatic heterocycles. The van der Waals surface area contributed by atoms with Crippen molar-refractivity contribution >= 4 is 35.1 Å². The second-order valence-electron chi connectivity index (χ2n) is 15.0. The zero-order valence-electron chi connectivity index (χ0n) is 31.0. The Morgan fingerprint density at radius 2 is 1.61 bits per heavy atom. The summed E-state index contributed by atoms with van der Waals surface area (Å²) in [6.07, 6.45) is 3.51. The zero-order valence-corrected chi connectivity index (χ0v) is 31.0. The van der Waals surface area contributed by atoms with Gasteiger partial charge in [0.15, 0.2) is 5.78 Å². The van der Waals surface area contributed by atoms with Crippen molar-refractivity contribution in [2.75, 3.05) is 52.3 Å². The molecule has 4 amide bonds. The highest BCUT2D eigenvalue weighted by atomic mass is 16.5. The third-order valence-electron chi connectivity index (χ3n) is 12.0. The van der Waals surface area contributed by atoms with Crippen molar-refractivity contribution in [2.24, 2.45) is 13.0 Å². The number of hydrogen-bond donors (Lipinski definition) is 1. The number of nitrogens with zero attached hydrogens (tertiary/aromatic N) is 5. The van der Waals surface area contributed by atoms with Gasteiger partial charge in [-0.05, 0) is 73.2 Å². The van der Waals surface area contributed by atoms with E-state index in [-0.39, 0.29) is 55.0 Å².